The third-order valence-corrected chi connectivity index (χ3v) is 4.17. The fraction of sp³-hybridized carbons (Fsp3) is 0.857. The summed E-state index contributed by atoms with van der Waals surface area (Å²) in [6.45, 7) is 8.53. The van der Waals surface area contributed by atoms with Gasteiger partial charge in [-0.3, -0.25) is 9.59 Å². The number of nitrogens with one attached hydrogen (secondary N) is 1. The molecule has 2 rings (SSSR count). The Morgan fingerprint density at radius 3 is 2.42 bits per heavy atom. The zero-order valence-electron chi connectivity index (χ0n) is 12.0. The molecule has 0 aromatic heterocycles. The summed E-state index contributed by atoms with van der Waals surface area (Å²) in [7, 11) is 0. The average molecular weight is 267 g/mol. The lowest BCUT2D eigenvalue weighted by molar-refractivity contribution is -0.137. The molecule has 2 unspecified atom stereocenters. The van der Waals surface area contributed by atoms with Crippen LogP contribution in [0.25, 0.3) is 0 Å². The first-order chi connectivity index (χ1) is 9.08. The smallest absolute Gasteiger partial charge is 0.227 e. The number of carbonyl (C=O) groups excluding carboxylic acids is 2. The number of rotatable bonds is 1. The fourth-order valence-electron chi connectivity index (χ4n) is 3.06. The lowest BCUT2D eigenvalue weighted by Gasteiger charge is -2.31. The molecule has 0 spiro atoms. The molecule has 5 heteroatoms. The monoisotopic (exact) mass is 267 g/mol. The molecule has 1 N–H and O–H groups in total. The molecule has 0 aromatic carbocycles. The summed E-state index contributed by atoms with van der Waals surface area (Å²) in [5.74, 6) is 1.07. The van der Waals surface area contributed by atoms with Crippen molar-refractivity contribution in [3.63, 3.8) is 0 Å². The predicted octanol–water partition coefficient (Wildman–Crippen LogP) is 0.313. The summed E-state index contributed by atoms with van der Waals surface area (Å²) in [5, 5.41) is 3.34. The van der Waals surface area contributed by atoms with Gasteiger partial charge >= 0.3 is 0 Å². The Kier molecular flexibility index (Phi) is 4.80. The van der Waals surface area contributed by atoms with E-state index in [4.69, 9.17) is 0 Å². The molecule has 2 saturated heterocycles. The van der Waals surface area contributed by atoms with Gasteiger partial charge in [-0.1, -0.05) is 6.92 Å². The van der Waals surface area contributed by atoms with Crippen molar-refractivity contribution in [3.8, 4) is 0 Å². The van der Waals surface area contributed by atoms with Crippen molar-refractivity contribution in [2.24, 2.45) is 11.8 Å². The van der Waals surface area contributed by atoms with Crippen LogP contribution in [0.4, 0.5) is 0 Å². The Hall–Kier alpha value is -1.10. The molecule has 2 heterocycles. The van der Waals surface area contributed by atoms with Crippen molar-refractivity contribution in [1.82, 2.24) is 15.1 Å². The van der Waals surface area contributed by atoms with Crippen LogP contribution in [0.2, 0.25) is 0 Å². The normalized spacial score (nSPS) is 28.9. The lowest BCUT2D eigenvalue weighted by Crippen LogP contribution is -2.46. The van der Waals surface area contributed by atoms with E-state index in [1.165, 1.54) is 0 Å². The highest BCUT2D eigenvalue weighted by molar-refractivity contribution is 5.79. The van der Waals surface area contributed by atoms with E-state index in [-0.39, 0.29) is 17.7 Å². The van der Waals surface area contributed by atoms with Gasteiger partial charge in [-0.2, -0.15) is 0 Å². The molecule has 0 saturated carbocycles. The Bertz CT molecular complexity index is 346. The van der Waals surface area contributed by atoms with E-state index in [0.717, 1.165) is 39.0 Å². The minimum Gasteiger partial charge on any atom is -0.341 e. The third-order valence-electron chi connectivity index (χ3n) is 4.17. The number of carbonyl (C=O) groups is 2. The van der Waals surface area contributed by atoms with Gasteiger partial charge in [0.05, 0.1) is 5.92 Å². The molecular formula is C14H25N3O2. The Morgan fingerprint density at radius 1 is 1.05 bits per heavy atom. The van der Waals surface area contributed by atoms with Gasteiger partial charge in [0.1, 0.15) is 0 Å². The zero-order valence-corrected chi connectivity index (χ0v) is 12.0. The van der Waals surface area contributed by atoms with E-state index < -0.39 is 0 Å². The molecule has 108 valence electrons. The quantitative estimate of drug-likeness (QED) is 0.744. The number of hydrogen-bond donors (Lipinski definition) is 1. The van der Waals surface area contributed by atoms with Gasteiger partial charge in [0.15, 0.2) is 0 Å². The second-order valence-electron chi connectivity index (χ2n) is 5.88. The Balaban J connectivity index is 1.90. The highest BCUT2D eigenvalue weighted by atomic mass is 16.2. The highest BCUT2D eigenvalue weighted by Gasteiger charge is 2.29. The summed E-state index contributed by atoms with van der Waals surface area (Å²) in [4.78, 5) is 27.7. The SMILES string of the molecule is CC(=O)N1CCCN(C(=O)C2CNCC(C)C2)CC1. The molecule has 5 nitrogen and oxygen atoms in total. The molecule has 2 aliphatic rings. The van der Waals surface area contributed by atoms with Crippen LogP contribution >= 0.6 is 0 Å². The number of nitrogens with zero attached hydrogens (tertiary/aromatic N) is 2. The Labute approximate surface area is 115 Å². The molecule has 2 atom stereocenters. The van der Waals surface area contributed by atoms with Gasteiger partial charge in [0.2, 0.25) is 11.8 Å². The summed E-state index contributed by atoms with van der Waals surface area (Å²) in [6.07, 6.45) is 1.87. The molecule has 0 bridgehead atoms. The van der Waals surface area contributed by atoms with E-state index in [1.807, 2.05) is 9.80 Å². The van der Waals surface area contributed by atoms with Crippen LogP contribution in [0.1, 0.15) is 26.7 Å². The van der Waals surface area contributed by atoms with Crippen molar-refractivity contribution in [2.45, 2.75) is 26.7 Å². The van der Waals surface area contributed by atoms with Crippen LogP contribution in [0.5, 0.6) is 0 Å². The van der Waals surface area contributed by atoms with Gasteiger partial charge in [-0.15, -0.1) is 0 Å². The zero-order chi connectivity index (χ0) is 13.8. The molecule has 19 heavy (non-hydrogen) atoms. The van der Waals surface area contributed by atoms with Crippen molar-refractivity contribution in [3.05, 3.63) is 0 Å². The van der Waals surface area contributed by atoms with Gasteiger partial charge in [0.25, 0.3) is 0 Å². The van der Waals surface area contributed by atoms with Crippen LogP contribution in [-0.4, -0.2) is 60.9 Å². The van der Waals surface area contributed by atoms with Gasteiger partial charge in [-0.25, -0.2) is 0 Å². The van der Waals surface area contributed by atoms with E-state index in [9.17, 15) is 9.59 Å². The fourth-order valence-corrected chi connectivity index (χ4v) is 3.06. The van der Waals surface area contributed by atoms with Crippen LogP contribution in [0.3, 0.4) is 0 Å². The van der Waals surface area contributed by atoms with Crippen molar-refractivity contribution >= 4 is 11.8 Å². The average Bonchev–Trinajstić information content (AvgIpc) is 2.63. The van der Waals surface area contributed by atoms with E-state index in [2.05, 4.69) is 12.2 Å². The Morgan fingerprint density at radius 2 is 1.74 bits per heavy atom. The summed E-state index contributed by atoms with van der Waals surface area (Å²) in [5.41, 5.74) is 0. The maximum atomic E-state index is 12.5. The van der Waals surface area contributed by atoms with Crippen LogP contribution in [0, 0.1) is 11.8 Å². The second kappa shape index (κ2) is 6.37. The summed E-state index contributed by atoms with van der Waals surface area (Å²) in [6, 6.07) is 0. The third kappa shape index (κ3) is 3.69. The van der Waals surface area contributed by atoms with Crippen LogP contribution in [0.15, 0.2) is 0 Å². The van der Waals surface area contributed by atoms with Gasteiger partial charge in [0, 0.05) is 39.6 Å². The minimum atomic E-state index is 0.113. The molecule has 0 aromatic rings. The molecule has 2 amide bonds. The summed E-state index contributed by atoms with van der Waals surface area (Å²) >= 11 is 0. The van der Waals surface area contributed by atoms with Crippen LogP contribution < -0.4 is 5.32 Å². The van der Waals surface area contributed by atoms with Gasteiger partial charge < -0.3 is 15.1 Å². The number of amides is 2. The highest BCUT2D eigenvalue weighted by Crippen LogP contribution is 2.19. The van der Waals surface area contributed by atoms with Crippen molar-refractivity contribution < 1.29 is 9.59 Å². The molecule has 2 aliphatic heterocycles. The first-order valence-corrected chi connectivity index (χ1v) is 7.33. The molecule has 0 radical (unpaired) electrons. The van der Waals surface area contributed by atoms with Gasteiger partial charge in [-0.05, 0) is 25.3 Å². The first kappa shape index (κ1) is 14.3. The van der Waals surface area contributed by atoms with E-state index >= 15 is 0 Å². The summed E-state index contributed by atoms with van der Waals surface area (Å²) < 4.78 is 0. The topological polar surface area (TPSA) is 52.7 Å². The number of hydrogen-bond acceptors (Lipinski definition) is 3. The van der Waals surface area contributed by atoms with E-state index in [1.54, 1.807) is 6.92 Å². The number of piperidine rings is 1. The van der Waals surface area contributed by atoms with Crippen molar-refractivity contribution in [2.75, 3.05) is 39.3 Å². The first-order valence-electron chi connectivity index (χ1n) is 7.33. The standard InChI is InChI=1S/C14H25N3O2/c1-11-8-13(10-15-9-11)14(19)17-5-3-4-16(6-7-17)12(2)18/h11,13,15H,3-10H2,1-2H3. The lowest BCUT2D eigenvalue weighted by atomic mass is 9.91. The maximum Gasteiger partial charge on any atom is 0.227 e. The molecule has 0 aliphatic carbocycles. The second-order valence-corrected chi connectivity index (χ2v) is 5.88. The van der Waals surface area contributed by atoms with Crippen molar-refractivity contribution in [1.29, 1.82) is 0 Å². The molecule has 2 fully saturated rings. The largest absolute Gasteiger partial charge is 0.341 e. The van der Waals surface area contributed by atoms with Crippen LogP contribution in [-0.2, 0) is 9.59 Å². The maximum absolute atomic E-state index is 12.5. The predicted molar refractivity (Wildman–Crippen MR) is 73.6 cm³/mol. The van der Waals surface area contributed by atoms with E-state index in [0.29, 0.717) is 19.0 Å². The minimum absolute atomic E-state index is 0.113. The molecular weight excluding hydrogens is 242 g/mol.